The molecular formula is C15H18N2O2. The third kappa shape index (κ3) is 2.49. The topological polar surface area (TPSA) is 66.6 Å². The lowest BCUT2D eigenvalue weighted by molar-refractivity contribution is -0.154. The number of carbonyl (C=O) groups is 1. The van der Waals surface area contributed by atoms with Crippen LogP contribution in [-0.4, -0.2) is 34.6 Å². The van der Waals surface area contributed by atoms with Gasteiger partial charge in [0.05, 0.1) is 13.1 Å². The molecule has 4 heteroatoms. The van der Waals surface area contributed by atoms with E-state index in [1.807, 2.05) is 12.1 Å². The van der Waals surface area contributed by atoms with Crippen LogP contribution in [0, 0.1) is 5.92 Å². The molecule has 1 aromatic rings. The summed E-state index contributed by atoms with van der Waals surface area (Å²) in [6.07, 6.45) is 5.52. The first-order chi connectivity index (χ1) is 9.07. The van der Waals surface area contributed by atoms with Gasteiger partial charge in [-0.3, -0.25) is 4.79 Å². The Hall–Kier alpha value is -1.81. The fourth-order valence-electron chi connectivity index (χ4n) is 2.53. The van der Waals surface area contributed by atoms with Crippen LogP contribution in [0.3, 0.4) is 0 Å². The zero-order chi connectivity index (χ0) is 13.5. The number of benzene rings is 1. The average molecular weight is 258 g/mol. The van der Waals surface area contributed by atoms with Gasteiger partial charge >= 0.3 is 0 Å². The monoisotopic (exact) mass is 258 g/mol. The number of hydrogen-bond acceptors (Lipinski definition) is 3. The number of anilines is 1. The number of amides is 1. The van der Waals surface area contributed by atoms with Gasteiger partial charge in [0.1, 0.15) is 5.60 Å². The van der Waals surface area contributed by atoms with Crippen molar-refractivity contribution in [1.29, 1.82) is 0 Å². The number of rotatable bonds is 3. The molecule has 3 rings (SSSR count). The summed E-state index contributed by atoms with van der Waals surface area (Å²) in [5.41, 5.74) is 6.65. The fraction of sp³-hybridized carbons (Fsp3) is 0.400. The van der Waals surface area contributed by atoms with Crippen molar-refractivity contribution in [3.8, 4) is 0 Å². The van der Waals surface area contributed by atoms with E-state index in [1.54, 1.807) is 29.2 Å². The van der Waals surface area contributed by atoms with E-state index in [1.165, 1.54) is 0 Å². The number of carbonyl (C=O) groups excluding carboxylic acids is 1. The van der Waals surface area contributed by atoms with Gasteiger partial charge in [0.15, 0.2) is 0 Å². The molecule has 1 saturated carbocycles. The molecule has 1 aliphatic carbocycles. The van der Waals surface area contributed by atoms with Crippen molar-refractivity contribution in [1.82, 2.24) is 4.90 Å². The number of nitrogens with zero attached hydrogens (tertiary/aromatic N) is 1. The van der Waals surface area contributed by atoms with Gasteiger partial charge in [-0.15, -0.1) is 0 Å². The molecule has 1 aromatic carbocycles. The molecule has 1 heterocycles. The third-order valence-electron chi connectivity index (χ3n) is 3.93. The molecule has 19 heavy (non-hydrogen) atoms. The first kappa shape index (κ1) is 12.2. The molecule has 0 spiro atoms. The van der Waals surface area contributed by atoms with Crippen molar-refractivity contribution in [3.63, 3.8) is 0 Å². The summed E-state index contributed by atoms with van der Waals surface area (Å²) in [7, 11) is 0. The predicted molar refractivity (Wildman–Crippen MR) is 74.1 cm³/mol. The molecule has 2 fully saturated rings. The van der Waals surface area contributed by atoms with Crippen LogP contribution in [0.5, 0.6) is 0 Å². The lowest BCUT2D eigenvalue weighted by atomic mass is 9.88. The molecule has 0 atom stereocenters. The highest BCUT2D eigenvalue weighted by atomic mass is 16.3. The largest absolute Gasteiger partial charge is 0.399 e. The lowest BCUT2D eigenvalue weighted by Crippen LogP contribution is -2.64. The van der Waals surface area contributed by atoms with Gasteiger partial charge in [0.2, 0.25) is 5.91 Å². The predicted octanol–water partition coefficient (Wildman–Crippen LogP) is 1.27. The molecule has 0 unspecified atom stereocenters. The lowest BCUT2D eigenvalue weighted by Gasteiger charge is -2.46. The zero-order valence-electron chi connectivity index (χ0n) is 10.7. The van der Waals surface area contributed by atoms with Crippen molar-refractivity contribution in [3.05, 3.63) is 35.9 Å². The van der Waals surface area contributed by atoms with Crippen molar-refractivity contribution < 1.29 is 9.90 Å². The minimum atomic E-state index is -0.606. The second-order valence-electron chi connectivity index (χ2n) is 5.57. The zero-order valence-corrected chi connectivity index (χ0v) is 10.7. The number of hydrogen-bond donors (Lipinski definition) is 2. The second kappa shape index (κ2) is 4.38. The summed E-state index contributed by atoms with van der Waals surface area (Å²) in [5.74, 6) is 0.375. The molecule has 0 bridgehead atoms. The molecule has 4 nitrogen and oxygen atoms in total. The Labute approximate surface area is 112 Å². The molecule has 2 aliphatic rings. The minimum absolute atomic E-state index is 0.0397. The molecule has 1 saturated heterocycles. The number of nitrogens with two attached hydrogens (primary N) is 1. The molecule has 100 valence electrons. The van der Waals surface area contributed by atoms with Crippen molar-refractivity contribution in [2.75, 3.05) is 18.8 Å². The van der Waals surface area contributed by atoms with Gasteiger partial charge in [0.25, 0.3) is 0 Å². The van der Waals surface area contributed by atoms with E-state index in [4.69, 9.17) is 5.73 Å². The Balaban J connectivity index is 1.56. The van der Waals surface area contributed by atoms with Crippen LogP contribution in [0.2, 0.25) is 0 Å². The standard InChI is InChI=1S/C15H18N2O2/c16-13-6-1-11(2-7-13)3-8-14(18)17-9-15(19,10-17)12-4-5-12/h1-3,6-8,12,19H,4-5,9-10,16H2/b8-3+. The van der Waals surface area contributed by atoms with Gasteiger partial charge < -0.3 is 15.7 Å². The van der Waals surface area contributed by atoms with Gasteiger partial charge in [0, 0.05) is 11.8 Å². The Bertz CT molecular complexity index is 511. The summed E-state index contributed by atoms with van der Waals surface area (Å²) in [5, 5.41) is 10.2. The Morgan fingerprint density at radius 2 is 1.95 bits per heavy atom. The maximum absolute atomic E-state index is 11.9. The quantitative estimate of drug-likeness (QED) is 0.633. The Kier molecular flexibility index (Phi) is 2.82. The van der Waals surface area contributed by atoms with E-state index < -0.39 is 5.60 Å². The van der Waals surface area contributed by atoms with Crippen LogP contribution in [0.4, 0.5) is 5.69 Å². The smallest absolute Gasteiger partial charge is 0.246 e. The van der Waals surface area contributed by atoms with Crippen molar-refractivity contribution >= 4 is 17.7 Å². The van der Waals surface area contributed by atoms with Gasteiger partial charge in [-0.25, -0.2) is 0 Å². The van der Waals surface area contributed by atoms with Crippen LogP contribution in [0.15, 0.2) is 30.3 Å². The summed E-state index contributed by atoms with van der Waals surface area (Å²) in [4.78, 5) is 13.6. The summed E-state index contributed by atoms with van der Waals surface area (Å²) >= 11 is 0. The van der Waals surface area contributed by atoms with E-state index >= 15 is 0 Å². The van der Waals surface area contributed by atoms with Crippen LogP contribution in [-0.2, 0) is 4.79 Å². The van der Waals surface area contributed by atoms with E-state index in [0.717, 1.165) is 18.4 Å². The van der Waals surface area contributed by atoms with Crippen LogP contribution < -0.4 is 5.73 Å². The summed E-state index contributed by atoms with van der Waals surface area (Å²) < 4.78 is 0. The van der Waals surface area contributed by atoms with E-state index in [-0.39, 0.29) is 5.91 Å². The number of aliphatic hydroxyl groups is 1. The maximum Gasteiger partial charge on any atom is 0.246 e. The van der Waals surface area contributed by atoms with Gasteiger partial charge in [-0.1, -0.05) is 12.1 Å². The highest BCUT2D eigenvalue weighted by Crippen LogP contribution is 2.44. The van der Waals surface area contributed by atoms with Crippen molar-refractivity contribution in [2.24, 2.45) is 5.92 Å². The molecule has 1 aliphatic heterocycles. The highest BCUT2D eigenvalue weighted by molar-refractivity contribution is 5.92. The summed E-state index contributed by atoms with van der Waals surface area (Å²) in [6.45, 7) is 0.950. The molecular weight excluding hydrogens is 240 g/mol. The minimum Gasteiger partial charge on any atom is -0.399 e. The van der Waals surface area contributed by atoms with E-state index in [2.05, 4.69) is 0 Å². The average Bonchev–Trinajstić information content (AvgIpc) is 3.18. The first-order valence-electron chi connectivity index (χ1n) is 6.62. The van der Waals surface area contributed by atoms with Crippen LogP contribution in [0.25, 0.3) is 6.08 Å². The SMILES string of the molecule is Nc1ccc(/C=C/C(=O)N2CC(O)(C3CC3)C2)cc1. The maximum atomic E-state index is 11.9. The van der Waals surface area contributed by atoms with Gasteiger partial charge in [-0.2, -0.15) is 0 Å². The number of likely N-dealkylation sites (tertiary alicyclic amines) is 1. The Morgan fingerprint density at radius 1 is 1.32 bits per heavy atom. The van der Waals surface area contributed by atoms with Crippen molar-refractivity contribution in [2.45, 2.75) is 18.4 Å². The van der Waals surface area contributed by atoms with Gasteiger partial charge in [-0.05, 0) is 42.5 Å². The van der Waals surface area contributed by atoms with E-state index in [0.29, 0.717) is 24.7 Å². The second-order valence-corrected chi connectivity index (χ2v) is 5.57. The molecule has 0 radical (unpaired) electrons. The van der Waals surface area contributed by atoms with Crippen LogP contribution >= 0.6 is 0 Å². The fourth-order valence-corrected chi connectivity index (χ4v) is 2.53. The number of nitrogen functional groups attached to an aromatic ring is 1. The Morgan fingerprint density at radius 3 is 2.53 bits per heavy atom. The normalized spacial score (nSPS) is 21.4. The molecule has 0 aromatic heterocycles. The highest BCUT2D eigenvalue weighted by Gasteiger charge is 2.52. The third-order valence-corrected chi connectivity index (χ3v) is 3.93. The number of β-amino-alcohol motifs (C(OH)–C–C–N with tert-alkyl or cyclic N) is 1. The molecule has 3 N–H and O–H groups in total. The summed E-state index contributed by atoms with van der Waals surface area (Å²) in [6, 6.07) is 7.35. The van der Waals surface area contributed by atoms with E-state index in [9.17, 15) is 9.90 Å². The first-order valence-corrected chi connectivity index (χ1v) is 6.62. The molecule has 1 amide bonds. The van der Waals surface area contributed by atoms with Crippen LogP contribution in [0.1, 0.15) is 18.4 Å².